The van der Waals surface area contributed by atoms with E-state index in [1.807, 2.05) is 39.2 Å². The maximum atomic E-state index is 11.8. The van der Waals surface area contributed by atoms with Gasteiger partial charge in [0.25, 0.3) is 5.91 Å². The van der Waals surface area contributed by atoms with Gasteiger partial charge in [0.2, 0.25) is 0 Å². The van der Waals surface area contributed by atoms with Gasteiger partial charge in [-0.2, -0.15) is 0 Å². The first-order valence-electron chi connectivity index (χ1n) is 5.69. The molecule has 0 aliphatic rings. The van der Waals surface area contributed by atoms with Gasteiger partial charge >= 0.3 is 0 Å². The van der Waals surface area contributed by atoms with E-state index < -0.39 is 0 Å². The molecule has 0 saturated carbocycles. The maximum Gasteiger partial charge on any atom is 0.251 e. The Bertz CT molecular complexity index is 371. The highest BCUT2D eigenvalue weighted by atomic mass is 79.9. The number of carbonyl (C=O) groups is 1. The van der Waals surface area contributed by atoms with Crippen LogP contribution in [0, 0.1) is 6.92 Å². The van der Waals surface area contributed by atoms with E-state index in [1.165, 1.54) is 0 Å². The van der Waals surface area contributed by atoms with E-state index in [0.29, 0.717) is 12.1 Å². The van der Waals surface area contributed by atoms with E-state index in [4.69, 9.17) is 0 Å². The molecule has 0 aromatic heterocycles. The molecule has 0 saturated heterocycles. The molecule has 1 aromatic rings. The number of benzene rings is 1. The van der Waals surface area contributed by atoms with Crippen molar-refractivity contribution < 1.29 is 4.79 Å². The van der Waals surface area contributed by atoms with Crippen LogP contribution in [0.25, 0.3) is 0 Å². The van der Waals surface area contributed by atoms with Crippen molar-refractivity contribution in [1.29, 1.82) is 0 Å². The Morgan fingerprint density at radius 2 is 2.06 bits per heavy atom. The lowest BCUT2D eigenvalue weighted by Crippen LogP contribution is -2.27. The normalized spacial score (nSPS) is 10.6. The highest BCUT2D eigenvalue weighted by Gasteiger charge is 2.06. The third kappa shape index (κ3) is 5.33. The van der Waals surface area contributed by atoms with Gasteiger partial charge in [-0.3, -0.25) is 4.79 Å². The van der Waals surface area contributed by atoms with Crippen molar-refractivity contribution in [2.24, 2.45) is 0 Å². The molecular formula is C13H19BrN2O. The first kappa shape index (κ1) is 14.2. The molecule has 0 spiro atoms. The van der Waals surface area contributed by atoms with Crippen LogP contribution in [0.2, 0.25) is 0 Å². The molecule has 0 aliphatic heterocycles. The summed E-state index contributed by atoms with van der Waals surface area (Å²) in [6.07, 6.45) is 0.964. The van der Waals surface area contributed by atoms with Crippen molar-refractivity contribution in [2.45, 2.75) is 13.3 Å². The molecule has 1 amide bonds. The summed E-state index contributed by atoms with van der Waals surface area (Å²) in [6.45, 7) is 3.67. The number of aryl methyl sites for hydroxylation is 1. The maximum absolute atomic E-state index is 11.8. The molecule has 0 atom stereocenters. The van der Waals surface area contributed by atoms with Crippen LogP contribution in [0.1, 0.15) is 22.3 Å². The Labute approximate surface area is 111 Å². The third-order valence-electron chi connectivity index (χ3n) is 2.37. The van der Waals surface area contributed by atoms with E-state index in [-0.39, 0.29) is 5.91 Å². The lowest BCUT2D eigenvalue weighted by atomic mass is 10.1. The van der Waals surface area contributed by atoms with Gasteiger partial charge < -0.3 is 10.2 Å². The van der Waals surface area contributed by atoms with Gasteiger partial charge in [0, 0.05) is 16.6 Å². The number of rotatable bonds is 5. The molecule has 0 radical (unpaired) electrons. The van der Waals surface area contributed by atoms with Crippen LogP contribution in [-0.2, 0) is 0 Å². The van der Waals surface area contributed by atoms with Crippen LogP contribution in [0.3, 0.4) is 0 Å². The number of hydrogen-bond donors (Lipinski definition) is 1. The van der Waals surface area contributed by atoms with Crippen LogP contribution in [-0.4, -0.2) is 38.0 Å². The van der Waals surface area contributed by atoms with Crippen LogP contribution >= 0.6 is 15.9 Å². The first-order valence-corrected chi connectivity index (χ1v) is 6.48. The van der Waals surface area contributed by atoms with Gasteiger partial charge in [0.05, 0.1) is 0 Å². The van der Waals surface area contributed by atoms with Crippen molar-refractivity contribution in [3.05, 3.63) is 33.8 Å². The van der Waals surface area contributed by atoms with Gasteiger partial charge in [-0.05, 0) is 57.7 Å². The molecule has 0 heterocycles. The minimum absolute atomic E-state index is 0.00634. The third-order valence-corrected chi connectivity index (χ3v) is 2.83. The number of nitrogens with one attached hydrogen (secondary N) is 1. The second kappa shape index (κ2) is 6.77. The minimum Gasteiger partial charge on any atom is -0.352 e. The second-order valence-corrected chi connectivity index (χ2v) is 5.35. The number of hydrogen-bond acceptors (Lipinski definition) is 2. The topological polar surface area (TPSA) is 32.3 Å². The number of nitrogens with zero attached hydrogens (tertiary/aromatic N) is 1. The highest BCUT2D eigenvalue weighted by Crippen LogP contribution is 2.15. The summed E-state index contributed by atoms with van der Waals surface area (Å²) in [5.74, 6) is -0.00634. The number of amides is 1. The number of halogens is 1. The molecule has 4 heteroatoms. The summed E-state index contributed by atoms with van der Waals surface area (Å²) in [4.78, 5) is 14.0. The van der Waals surface area contributed by atoms with Gasteiger partial charge in [0.15, 0.2) is 0 Å². The van der Waals surface area contributed by atoms with E-state index >= 15 is 0 Å². The molecular weight excluding hydrogens is 280 g/mol. The van der Waals surface area contributed by atoms with E-state index in [9.17, 15) is 4.79 Å². The summed E-state index contributed by atoms with van der Waals surface area (Å²) in [7, 11) is 4.05. The summed E-state index contributed by atoms with van der Waals surface area (Å²) < 4.78 is 0.941. The smallest absolute Gasteiger partial charge is 0.251 e. The summed E-state index contributed by atoms with van der Waals surface area (Å²) >= 11 is 3.40. The summed E-state index contributed by atoms with van der Waals surface area (Å²) in [6, 6.07) is 5.73. The van der Waals surface area contributed by atoms with Crippen molar-refractivity contribution >= 4 is 21.8 Å². The Morgan fingerprint density at radius 3 is 2.65 bits per heavy atom. The van der Waals surface area contributed by atoms with E-state index in [0.717, 1.165) is 23.0 Å². The molecule has 1 aromatic carbocycles. The molecule has 17 heavy (non-hydrogen) atoms. The Balaban J connectivity index is 2.47. The molecule has 1 rings (SSSR count). The van der Waals surface area contributed by atoms with Crippen LogP contribution in [0.15, 0.2) is 22.7 Å². The van der Waals surface area contributed by atoms with Crippen molar-refractivity contribution in [3.63, 3.8) is 0 Å². The fourth-order valence-electron chi connectivity index (χ4n) is 1.57. The lowest BCUT2D eigenvalue weighted by Gasteiger charge is -2.10. The zero-order valence-corrected chi connectivity index (χ0v) is 12.2. The first-order chi connectivity index (χ1) is 7.99. The SMILES string of the molecule is Cc1cc(Br)cc(C(=O)NCCCN(C)C)c1. The number of carbonyl (C=O) groups excluding carboxylic acids is 1. The van der Waals surface area contributed by atoms with Gasteiger partial charge in [-0.1, -0.05) is 15.9 Å². The molecule has 0 unspecified atom stereocenters. The lowest BCUT2D eigenvalue weighted by molar-refractivity contribution is 0.0952. The second-order valence-electron chi connectivity index (χ2n) is 4.43. The van der Waals surface area contributed by atoms with Crippen molar-refractivity contribution in [1.82, 2.24) is 10.2 Å². The fraction of sp³-hybridized carbons (Fsp3) is 0.462. The minimum atomic E-state index is -0.00634. The molecule has 3 nitrogen and oxygen atoms in total. The van der Waals surface area contributed by atoms with Gasteiger partial charge in [0.1, 0.15) is 0 Å². The Morgan fingerprint density at radius 1 is 1.35 bits per heavy atom. The average Bonchev–Trinajstić information content (AvgIpc) is 2.22. The van der Waals surface area contributed by atoms with E-state index in [2.05, 4.69) is 26.1 Å². The van der Waals surface area contributed by atoms with Crippen LogP contribution < -0.4 is 5.32 Å². The van der Waals surface area contributed by atoms with Crippen molar-refractivity contribution in [3.8, 4) is 0 Å². The predicted molar refractivity (Wildman–Crippen MR) is 74.4 cm³/mol. The van der Waals surface area contributed by atoms with E-state index in [1.54, 1.807) is 0 Å². The Hall–Kier alpha value is -0.870. The summed E-state index contributed by atoms with van der Waals surface area (Å²) in [5.41, 5.74) is 1.79. The Kier molecular flexibility index (Phi) is 5.65. The fourth-order valence-corrected chi connectivity index (χ4v) is 2.17. The van der Waals surface area contributed by atoms with Gasteiger partial charge in [-0.15, -0.1) is 0 Å². The molecule has 0 aliphatic carbocycles. The van der Waals surface area contributed by atoms with Crippen LogP contribution in [0.5, 0.6) is 0 Å². The van der Waals surface area contributed by atoms with Crippen molar-refractivity contribution in [2.75, 3.05) is 27.2 Å². The zero-order valence-electron chi connectivity index (χ0n) is 10.6. The average molecular weight is 299 g/mol. The standard InChI is InChI=1S/C13H19BrN2O/c1-10-7-11(9-12(14)8-10)13(17)15-5-4-6-16(2)3/h7-9H,4-6H2,1-3H3,(H,15,17). The largest absolute Gasteiger partial charge is 0.352 e. The predicted octanol–water partition coefficient (Wildman–Crippen LogP) is 2.44. The van der Waals surface area contributed by atoms with Gasteiger partial charge in [-0.25, -0.2) is 0 Å². The summed E-state index contributed by atoms with van der Waals surface area (Å²) in [5, 5.41) is 2.92. The molecule has 0 fully saturated rings. The molecule has 1 N–H and O–H groups in total. The zero-order chi connectivity index (χ0) is 12.8. The monoisotopic (exact) mass is 298 g/mol. The van der Waals surface area contributed by atoms with Crippen LogP contribution in [0.4, 0.5) is 0 Å². The quantitative estimate of drug-likeness (QED) is 0.847. The highest BCUT2D eigenvalue weighted by molar-refractivity contribution is 9.10. The molecule has 94 valence electrons. The molecule has 0 bridgehead atoms.